The van der Waals surface area contributed by atoms with Crippen molar-refractivity contribution in [3.8, 4) is 0 Å². The lowest BCUT2D eigenvalue weighted by molar-refractivity contribution is 0.950. The van der Waals surface area contributed by atoms with Gasteiger partial charge in [-0.15, -0.1) is 0 Å². The van der Waals surface area contributed by atoms with Gasteiger partial charge in [0.1, 0.15) is 6.33 Å². The Balaban J connectivity index is 2.91. The van der Waals surface area contributed by atoms with E-state index < -0.39 is 0 Å². The molecular formula is C7H6IN3. The van der Waals surface area contributed by atoms with Crippen LogP contribution >= 0.6 is 22.6 Å². The summed E-state index contributed by atoms with van der Waals surface area (Å²) in [6, 6.07) is 2.09. The molecule has 2 aromatic heterocycles. The minimum Gasteiger partial charge on any atom is -0.220 e. The minimum atomic E-state index is 0.936. The molecule has 2 heterocycles. The Hall–Kier alpha value is -0.650. The molecule has 0 fully saturated rings. The summed E-state index contributed by atoms with van der Waals surface area (Å²) in [4.78, 5) is 4.11. The predicted molar refractivity (Wildman–Crippen MR) is 50.4 cm³/mol. The van der Waals surface area contributed by atoms with Crippen LogP contribution in [0, 0.1) is 10.5 Å². The molecule has 0 amide bonds. The van der Waals surface area contributed by atoms with Crippen LogP contribution in [0.3, 0.4) is 0 Å². The molecule has 0 atom stereocenters. The summed E-state index contributed by atoms with van der Waals surface area (Å²) in [6.07, 6.45) is 3.52. The molecule has 0 saturated carbocycles. The molecule has 56 valence electrons. The molecule has 0 aromatic carbocycles. The maximum atomic E-state index is 4.11. The molecule has 4 heteroatoms. The minimum absolute atomic E-state index is 0.936. The van der Waals surface area contributed by atoms with E-state index in [4.69, 9.17) is 0 Å². The van der Waals surface area contributed by atoms with E-state index in [0.29, 0.717) is 0 Å². The highest BCUT2D eigenvalue weighted by Gasteiger charge is 1.99. The Bertz CT molecular complexity index is 393. The molecule has 0 spiro atoms. The first-order chi connectivity index (χ1) is 5.27. The number of nitrogens with zero attached hydrogens (tertiary/aromatic N) is 3. The summed E-state index contributed by atoms with van der Waals surface area (Å²) in [5, 5.41) is 4.04. The Kier molecular flexibility index (Phi) is 1.56. The third kappa shape index (κ3) is 1.11. The molecule has 0 unspecified atom stereocenters. The maximum Gasteiger partial charge on any atom is 0.158 e. The lowest BCUT2D eigenvalue weighted by Crippen LogP contribution is -1.90. The number of hydrogen-bond donors (Lipinski definition) is 0. The molecule has 3 nitrogen and oxygen atoms in total. The average molecular weight is 259 g/mol. The number of hydrogen-bond acceptors (Lipinski definition) is 2. The molecule has 0 N–H and O–H groups in total. The van der Waals surface area contributed by atoms with Crippen molar-refractivity contribution in [3.63, 3.8) is 0 Å². The van der Waals surface area contributed by atoms with E-state index >= 15 is 0 Å². The van der Waals surface area contributed by atoms with E-state index in [2.05, 4.69) is 38.7 Å². The number of halogens is 1. The van der Waals surface area contributed by atoms with Crippen LogP contribution in [0.2, 0.25) is 0 Å². The van der Waals surface area contributed by atoms with Gasteiger partial charge in [0.25, 0.3) is 0 Å². The number of fused-ring (bicyclic) bond motifs is 1. The molecule has 0 aliphatic heterocycles. The number of pyridine rings is 1. The van der Waals surface area contributed by atoms with E-state index in [1.807, 2.05) is 13.1 Å². The Labute approximate surface area is 77.6 Å². The zero-order chi connectivity index (χ0) is 7.84. The van der Waals surface area contributed by atoms with Gasteiger partial charge in [0.2, 0.25) is 0 Å². The first kappa shape index (κ1) is 7.02. The first-order valence-electron chi connectivity index (χ1n) is 3.23. The molecule has 0 bridgehead atoms. The largest absolute Gasteiger partial charge is 0.220 e. The first-order valence-corrected chi connectivity index (χ1v) is 4.31. The maximum absolute atomic E-state index is 4.11. The van der Waals surface area contributed by atoms with Gasteiger partial charge in [0.05, 0.1) is 0 Å². The van der Waals surface area contributed by atoms with Crippen molar-refractivity contribution in [2.45, 2.75) is 6.92 Å². The van der Waals surface area contributed by atoms with Crippen molar-refractivity contribution < 1.29 is 0 Å². The van der Waals surface area contributed by atoms with Gasteiger partial charge >= 0.3 is 0 Å². The summed E-state index contributed by atoms with van der Waals surface area (Å²) in [6.45, 7) is 2.03. The quantitative estimate of drug-likeness (QED) is 0.673. The monoisotopic (exact) mass is 259 g/mol. The van der Waals surface area contributed by atoms with Crippen molar-refractivity contribution in [3.05, 3.63) is 27.7 Å². The van der Waals surface area contributed by atoms with Crippen LogP contribution in [0.4, 0.5) is 0 Å². The topological polar surface area (TPSA) is 30.2 Å². The number of aromatic nitrogens is 3. The number of rotatable bonds is 0. The lowest BCUT2D eigenvalue weighted by atomic mass is 10.3. The molecular weight excluding hydrogens is 253 g/mol. The molecule has 0 aliphatic carbocycles. The van der Waals surface area contributed by atoms with Crippen molar-refractivity contribution in [2.24, 2.45) is 0 Å². The van der Waals surface area contributed by atoms with E-state index in [1.165, 1.54) is 3.57 Å². The third-order valence-electron chi connectivity index (χ3n) is 1.53. The lowest BCUT2D eigenvalue weighted by Gasteiger charge is -1.96. The average Bonchev–Trinajstić information content (AvgIpc) is 2.34. The Morgan fingerprint density at radius 2 is 2.36 bits per heavy atom. The molecule has 2 rings (SSSR count). The highest BCUT2D eigenvalue weighted by Crippen LogP contribution is 2.10. The normalized spacial score (nSPS) is 10.7. The van der Waals surface area contributed by atoms with Crippen LogP contribution in [-0.4, -0.2) is 14.6 Å². The van der Waals surface area contributed by atoms with Crippen LogP contribution in [0.5, 0.6) is 0 Å². The Morgan fingerprint density at radius 1 is 1.55 bits per heavy atom. The molecule has 11 heavy (non-hydrogen) atoms. The van der Waals surface area contributed by atoms with Crippen LogP contribution in [0.15, 0.2) is 18.6 Å². The second kappa shape index (κ2) is 2.44. The fourth-order valence-corrected chi connectivity index (χ4v) is 1.78. The van der Waals surface area contributed by atoms with Gasteiger partial charge in [-0.05, 0) is 41.1 Å². The predicted octanol–water partition coefficient (Wildman–Crippen LogP) is 1.64. The zero-order valence-corrected chi connectivity index (χ0v) is 8.11. The van der Waals surface area contributed by atoms with E-state index in [-0.39, 0.29) is 0 Å². The number of aryl methyl sites for hydroxylation is 1. The zero-order valence-electron chi connectivity index (χ0n) is 5.95. The van der Waals surface area contributed by atoms with Gasteiger partial charge < -0.3 is 0 Å². The summed E-state index contributed by atoms with van der Waals surface area (Å²) in [5.74, 6) is 0. The summed E-state index contributed by atoms with van der Waals surface area (Å²) in [7, 11) is 0. The van der Waals surface area contributed by atoms with Crippen LogP contribution in [-0.2, 0) is 0 Å². The summed E-state index contributed by atoms with van der Waals surface area (Å²) >= 11 is 2.26. The molecule has 2 aromatic rings. The molecule has 0 radical (unpaired) electrons. The fourth-order valence-electron chi connectivity index (χ4n) is 1.05. The Morgan fingerprint density at radius 3 is 3.18 bits per heavy atom. The standard InChI is InChI=1S/C7H6IN3/c1-5-2-6(8)3-11-7(5)9-4-10-11/h2-4H,1H3. The van der Waals surface area contributed by atoms with Gasteiger partial charge in [0, 0.05) is 9.77 Å². The van der Waals surface area contributed by atoms with E-state index in [1.54, 1.807) is 10.8 Å². The van der Waals surface area contributed by atoms with Crippen LogP contribution in [0.1, 0.15) is 5.56 Å². The molecule has 0 aliphatic rings. The van der Waals surface area contributed by atoms with E-state index in [0.717, 1.165) is 11.2 Å². The SMILES string of the molecule is Cc1cc(I)cn2ncnc12. The second-order valence-electron chi connectivity index (χ2n) is 2.37. The van der Waals surface area contributed by atoms with Crippen molar-refractivity contribution in [1.29, 1.82) is 0 Å². The summed E-state index contributed by atoms with van der Waals surface area (Å²) < 4.78 is 2.97. The second-order valence-corrected chi connectivity index (χ2v) is 3.62. The van der Waals surface area contributed by atoms with Crippen LogP contribution in [0.25, 0.3) is 5.65 Å². The van der Waals surface area contributed by atoms with E-state index in [9.17, 15) is 0 Å². The third-order valence-corrected chi connectivity index (χ3v) is 2.12. The van der Waals surface area contributed by atoms with Crippen molar-refractivity contribution >= 4 is 28.2 Å². The van der Waals surface area contributed by atoms with Gasteiger partial charge in [-0.3, -0.25) is 0 Å². The van der Waals surface area contributed by atoms with Gasteiger partial charge in [-0.2, -0.15) is 5.10 Å². The fraction of sp³-hybridized carbons (Fsp3) is 0.143. The smallest absolute Gasteiger partial charge is 0.158 e. The highest BCUT2D eigenvalue weighted by molar-refractivity contribution is 14.1. The van der Waals surface area contributed by atoms with Crippen LogP contribution < -0.4 is 0 Å². The highest BCUT2D eigenvalue weighted by atomic mass is 127. The van der Waals surface area contributed by atoms with Gasteiger partial charge in [-0.1, -0.05) is 0 Å². The van der Waals surface area contributed by atoms with Crippen molar-refractivity contribution in [2.75, 3.05) is 0 Å². The van der Waals surface area contributed by atoms with Gasteiger partial charge in [-0.25, -0.2) is 9.50 Å². The van der Waals surface area contributed by atoms with Gasteiger partial charge in [0.15, 0.2) is 5.65 Å². The van der Waals surface area contributed by atoms with Crippen molar-refractivity contribution in [1.82, 2.24) is 14.6 Å². The summed E-state index contributed by atoms with van der Waals surface area (Å²) in [5.41, 5.74) is 2.10. The molecule has 0 saturated heterocycles.